The van der Waals surface area contributed by atoms with E-state index in [9.17, 15) is 0 Å². The standard InChI is InChI=1S/C13H15N3/c1-9-3-5-12(10(2)7-9)16-11-4-6-13(14)15-8-11/h3-8,16H,1-2H3,(H2,14,15). The fourth-order valence-electron chi connectivity index (χ4n) is 1.59. The first-order valence-electron chi connectivity index (χ1n) is 5.21. The second-order valence-corrected chi connectivity index (χ2v) is 3.92. The molecule has 0 amide bonds. The van der Waals surface area contributed by atoms with Crippen LogP contribution in [0.25, 0.3) is 0 Å². The van der Waals surface area contributed by atoms with Crippen LogP contribution in [0.4, 0.5) is 17.2 Å². The summed E-state index contributed by atoms with van der Waals surface area (Å²) in [5.41, 5.74) is 10.1. The Morgan fingerprint density at radius 1 is 1.12 bits per heavy atom. The van der Waals surface area contributed by atoms with E-state index in [0.29, 0.717) is 5.82 Å². The third kappa shape index (κ3) is 2.31. The number of aryl methyl sites for hydroxylation is 2. The lowest BCUT2D eigenvalue weighted by Gasteiger charge is -2.09. The van der Waals surface area contributed by atoms with Crippen LogP contribution in [0.15, 0.2) is 36.5 Å². The first-order chi connectivity index (χ1) is 7.65. The molecule has 2 rings (SSSR count). The molecule has 0 saturated heterocycles. The SMILES string of the molecule is Cc1ccc(Nc2ccc(N)nc2)c(C)c1. The highest BCUT2D eigenvalue weighted by Crippen LogP contribution is 2.21. The highest BCUT2D eigenvalue weighted by Gasteiger charge is 1.99. The van der Waals surface area contributed by atoms with Crippen LogP contribution >= 0.6 is 0 Å². The molecule has 3 N–H and O–H groups in total. The number of nitrogens with two attached hydrogens (primary N) is 1. The Hall–Kier alpha value is -2.03. The number of nitrogen functional groups attached to an aromatic ring is 1. The Bertz CT molecular complexity index is 489. The molecule has 0 saturated carbocycles. The number of pyridine rings is 1. The molecule has 0 spiro atoms. The predicted octanol–water partition coefficient (Wildman–Crippen LogP) is 3.02. The summed E-state index contributed by atoms with van der Waals surface area (Å²) in [6, 6.07) is 10.0. The van der Waals surface area contributed by atoms with Gasteiger partial charge >= 0.3 is 0 Å². The number of nitrogens with zero attached hydrogens (tertiary/aromatic N) is 1. The van der Waals surface area contributed by atoms with Crippen LogP contribution in [-0.4, -0.2) is 4.98 Å². The Morgan fingerprint density at radius 3 is 2.56 bits per heavy atom. The lowest BCUT2D eigenvalue weighted by molar-refractivity contribution is 1.31. The molecule has 82 valence electrons. The van der Waals surface area contributed by atoms with Gasteiger partial charge in [-0.2, -0.15) is 0 Å². The van der Waals surface area contributed by atoms with Gasteiger partial charge in [-0.15, -0.1) is 0 Å². The summed E-state index contributed by atoms with van der Waals surface area (Å²) in [4.78, 5) is 4.04. The molecule has 16 heavy (non-hydrogen) atoms. The third-order valence-electron chi connectivity index (χ3n) is 2.45. The monoisotopic (exact) mass is 213 g/mol. The van der Waals surface area contributed by atoms with Crippen molar-refractivity contribution in [1.82, 2.24) is 4.98 Å². The summed E-state index contributed by atoms with van der Waals surface area (Å²) in [5, 5.41) is 3.31. The molecule has 3 nitrogen and oxygen atoms in total. The highest BCUT2D eigenvalue weighted by molar-refractivity contribution is 5.63. The number of hydrogen-bond donors (Lipinski definition) is 2. The largest absolute Gasteiger partial charge is 0.384 e. The van der Waals surface area contributed by atoms with E-state index < -0.39 is 0 Å². The van der Waals surface area contributed by atoms with Crippen LogP contribution in [0.3, 0.4) is 0 Å². The molecule has 0 atom stereocenters. The van der Waals surface area contributed by atoms with Gasteiger partial charge in [0.05, 0.1) is 11.9 Å². The molecular formula is C13H15N3. The second kappa shape index (κ2) is 4.23. The van der Waals surface area contributed by atoms with Crippen molar-refractivity contribution < 1.29 is 0 Å². The van der Waals surface area contributed by atoms with Gasteiger partial charge in [0, 0.05) is 5.69 Å². The van der Waals surface area contributed by atoms with Gasteiger partial charge in [0.2, 0.25) is 0 Å². The quantitative estimate of drug-likeness (QED) is 0.806. The molecule has 0 bridgehead atoms. The van der Waals surface area contributed by atoms with Gasteiger partial charge in [-0.3, -0.25) is 0 Å². The fraction of sp³-hybridized carbons (Fsp3) is 0.154. The topological polar surface area (TPSA) is 50.9 Å². The van der Waals surface area contributed by atoms with Gasteiger partial charge in [-0.05, 0) is 37.6 Å². The van der Waals surface area contributed by atoms with E-state index in [4.69, 9.17) is 5.73 Å². The van der Waals surface area contributed by atoms with E-state index in [1.165, 1.54) is 11.1 Å². The number of benzene rings is 1. The van der Waals surface area contributed by atoms with Crippen molar-refractivity contribution in [3.63, 3.8) is 0 Å². The zero-order chi connectivity index (χ0) is 11.5. The Kier molecular flexibility index (Phi) is 2.77. The number of anilines is 3. The van der Waals surface area contributed by atoms with Crippen LogP contribution in [0.5, 0.6) is 0 Å². The minimum absolute atomic E-state index is 0.533. The molecular weight excluding hydrogens is 198 g/mol. The molecule has 0 aliphatic heterocycles. The molecule has 3 heteroatoms. The van der Waals surface area contributed by atoms with Crippen LogP contribution in [0.1, 0.15) is 11.1 Å². The number of hydrogen-bond acceptors (Lipinski definition) is 3. The molecule has 0 aliphatic carbocycles. The van der Waals surface area contributed by atoms with E-state index in [0.717, 1.165) is 11.4 Å². The predicted molar refractivity (Wildman–Crippen MR) is 67.8 cm³/mol. The molecule has 0 fully saturated rings. The maximum atomic E-state index is 5.53. The van der Waals surface area contributed by atoms with Gasteiger partial charge in [0.1, 0.15) is 5.82 Å². The molecule has 2 aromatic rings. The Labute approximate surface area is 95.3 Å². The minimum Gasteiger partial charge on any atom is -0.384 e. The molecule has 0 aliphatic rings. The van der Waals surface area contributed by atoms with Gasteiger partial charge in [-0.25, -0.2) is 4.98 Å². The third-order valence-corrected chi connectivity index (χ3v) is 2.45. The van der Waals surface area contributed by atoms with E-state index in [-0.39, 0.29) is 0 Å². The summed E-state index contributed by atoms with van der Waals surface area (Å²) in [6.07, 6.45) is 1.73. The maximum absolute atomic E-state index is 5.53. The minimum atomic E-state index is 0.533. The van der Waals surface area contributed by atoms with Gasteiger partial charge in [0.15, 0.2) is 0 Å². The van der Waals surface area contributed by atoms with Crippen molar-refractivity contribution in [3.8, 4) is 0 Å². The van der Waals surface area contributed by atoms with Gasteiger partial charge in [-0.1, -0.05) is 17.7 Å². The highest BCUT2D eigenvalue weighted by atomic mass is 14.9. The van der Waals surface area contributed by atoms with Crippen molar-refractivity contribution in [2.75, 3.05) is 11.1 Å². The Balaban J connectivity index is 2.23. The summed E-state index contributed by atoms with van der Waals surface area (Å²) < 4.78 is 0. The van der Waals surface area contributed by atoms with Crippen LogP contribution in [-0.2, 0) is 0 Å². The van der Waals surface area contributed by atoms with E-state index in [1.54, 1.807) is 12.3 Å². The van der Waals surface area contributed by atoms with Gasteiger partial charge in [0.25, 0.3) is 0 Å². The number of rotatable bonds is 2. The smallest absolute Gasteiger partial charge is 0.123 e. The average molecular weight is 213 g/mol. The summed E-state index contributed by atoms with van der Waals surface area (Å²) in [5.74, 6) is 0.533. The Morgan fingerprint density at radius 2 is 1.94 bits per heavy atom. The molecule has 0 unspecified atom stereocenters. The van der Waals surface area contributed by atoms with Crippen molar-refractivity contribution in [2.45, 2.75) is 13.8 Å². The van der Waals surface area contributed by atoms with Crippen LogP contribution < -0.4 is 11.1 Å². The lowest BCUT2D eigenvalue weighted by atomic mass is 10.1. The summed E-state index contributed by atoms with van der Waals surface area (Å²) in [7, 11) is 0. The van der Waals surface area contributed by atoms with Crippen molar-refractivity contribution in [1.29, 1.82) is 0 Å². The van der Waals surface area contributed by atoms with Crippen LogP contribution in [0, 0.1) is 13.8 Å². The average Bonchev–Trinajstić information content (AvgIpc) is 2.25. The second-order valence-electron chi connectivity index (χ2n) is 3.92. The van der Waals surface area contributed by atoms with Crippen LogP contribution in [0.2, 0.25) is 0 Å². The number of nitrogens with one attached hydrogen (secondary N) is 1. The molecule has 0 radical (unpaired) electrons. The maximum Gasteiger partial charge on any atom is 0.123 e. The van der Waals surface area contributed by atoms with E-state index >= 15 is 0 Å². The molecule has 1 aromatic heterocycles. The first-order valence-corrected chi connectivity index (χ1v) is 5.21. The number of aromatic nitrogens is 1. The molecule has 1 aromatic carbocycles. The van der Waals surface area contributed by atoms with Crippen molar-refractivity contribution in [2.24, 2.45) is 0 Å². The lowest BCUT2D eigenvalue weighted by Crippen LogP contribution is -1.95. The summed E-state index contributed by atoms with van der Waals surface area (Å²) in [6.45, 7) is 4.17. The summed E-state index contributed by atoms with van der Waals surface area (Å²) >= 11 is 0. The van der Waals surface area contributed by atoms with Gasteiger partial charge < -0.3 is 11.1 Å². The molecule has 1 heterocycles. The fourth-order valence-corrected chi connectivity index (χ4v) is 1.59. The normalized spacial score (nSPS) is 10.1. The zero-order valence-corrected chi connectivity index (χ0v) is 9.49. The first kappa shape index (κ1) is 10.5. The van der Waals surface area contributed by atoms with Crippen molar-refractivity contribution in [3.05, 3.63) is 47.7 Å². The van der Waals surface area contributed by atoms with Crippen molar-refractivity contribution >= 4 is 17.2 Å². The van der Waals surface area contributed by atoms with E-state index in [2.05, 4.69) is 42.3 Å². The van der Waals surface area contributed by atoms with E-state index in [1.807, 2.05) is 6.07 Å². The zero-order valence-electron chi connectivity index (χ0n) is 9.49.